The Bertz CT molecular complexity index is 277. The van der Waals surface area contributed by atoms with Crippen LogP contribution in [0.1, 0.15) is 19.4 Å². The quantitative estimate of drug-likeness (QED) is 0.435. The molecule has 1 aromatic carbocycles. The summed E-state index contributed by atoms with van der Waals surface area (Å²) in [5.41, 5.74) is 0.971. The Hall–Kier alpha value is -1.51. The smallest absolute Gasteiger partial charge is 0.119 e. The van der Waals surface area contributed by atoms with Gasteiger partial charge in [0.2, 0.25) is 0 Å². The van der Waals surface area contributed by atoms with Crippen LogP contribution in [0.4, 0.5) is 0 Å². The first-order valence-electron chi connectivity index (χ1n) is 4.22. The van der Waals surface area contributed by atoms with Gasteiger partial charge in [-0.3, -0.25) is 0 Å². The van der Waals surface area contributed by atoms with Gasteiger partial charge in [0.1, 0.15) is 5.75 Å². The number of nitrogens with two attached hydrogens (primary N) is 1. The fourth-order valence-electron chi connectivity index (χ4n) is 0.991. The van der Waals surface area contributed by atoms with Gasteiger partial charge in [-0.05, 0) is 43.7 Å². The van der Waals surface area contributed by atoms with Crippen molar-refractivity contribution in [2.75, 3.05) is 0 Å². The van der Waals surface area contributed by atoms with E-state index in [4.69, 9.17) is 10.6 Å². The third-order valence-electron chi connectivity index (χ3n) is 1.48. The molecule has 1 rings (SSSR count). The van der Waals surface area contributed by atoms with Gasteiger partial charge in [0, 0.05) is 0 Å². The highest BCUT2D eigenvalue weighted by Crippen LogP contribution is 2.12. The maximum absolute atomic E-state index is 5.47. The molecular formula is C10H14N2O. The average molecular weight is 178 g/mol. The lowest BCUT2D eigenvalue weighted by molar-refractivity contribution is 0.242. The average Bonchev–Trinajstić information content (AvgIpc) is 2.08. The number of hydrazone groups is 1. The van der Waals surface area contributed by atoms with Crippen molar-refractivity contribution < 1.29 is 4.74 Å². The van der Waals surface area contributed by atoms with Gasteiger partial charge in [-0.15, -0.1) is 0 Å². The molecule has 0 amide bonds. The lowest BCUT2D eigenvalue weighted by Crippen LogP contribution is -2.05. The zero-order valence-corrected chi connectivity index (χ0v) is 7.90. The molecule has 0 fully saturated rings. The van der Waals surface area contributed by atoms with Crippen LogP contribution >= 0.6 is 0 Å². The van der Waals surface area contributed by atoms with E-state index in [1.54, 1.807) is 6.21 Å². The van der Waals surface area contributed by atoms with Crippen molar-refractivity contribution >= 4 is 6.21 Å². The highest BCUT2D eigenvalue weighted by molar-refractivity contribution is 5.79. The number of benzene rings is 1. The molecule has 0 spiro atoms. The van der Waals surface area contributed by atoms with Gasteiger partial charge in [-0.2, -0.15) is 5.10 Å². The summed E-state index contributed by atoms with van der Waals surface area (Å²) in [6.07, 6.45) is 1.80. The van der Waals surface area contributed by atoms with Crippen molar-refractivity contribution in [2.24, 2.45) is 10.9 Å². The van der Waals surface area contributed by atoms with E-state index in [0.717, 1.165) is 11.3 Å². The number of nitrogens with zero attached hydrogens (tertiary/aromatic N) is 1. The molecular weight excluding hydrogens is 164 g/mol. The summed E-state index contributed by atoms with van der Waals surface area (Å²) < 4.78 is 5.47. The molecule has 0 heterocycles. The normalized spacial score (nSPS) is 11.0. The molecule has 0 saturated carbocycles. The fraction of sp³-hybridized carbons (Fsp3) is 0.300. The Morgan fingerprint density at radius 3 is 2.38 bits per heavy atom. The number of rotatable bonds is 3. The molecule has 0 aliphatic rings. The zero-order chi connectivity index (χ0) is 9.68. The molecule has 3 nitrogen and oxygen atoms in total. The van der Waals surface area contributed by atoms with E-state index in [-0.39, 0.29) is 6.10 Å². The number of hydrogen-bond donors (Lipinski definition) is 1. The highest BCUT2D eigenvalue weighted by atomic mass is 16.5. The van der Waals surface area contributed by atoms with Crippen LogP contribution in [0.3, 0.4) is 0 Å². The molecule has 70 valence electrons. The summed E-state index contributed by atoms with van der Waals surface area (Å²) in [7, 11) is 0. The Labute approximate surface area is 78.2 Å². The van der Waals surface area contributed by atoms with E-state index in [1.165, 1.54) is 0 Å². The van der Waals surface area contributed by atoms with Gasteiger partial charge < -0.3 is 10.6 Å². The van der Waals surface area contributed by atoms with Crippen molar-refractivity contribution in [2.45, 2.75) is 20.0 Å². The minimum Gasteiger partial charge on any atom is -0.491 e. The van der Waals surface area contributed by atoms with Gasteiger partial charge in [0.15, 0.2) is 0 Å². The van der Waals surface area contributed by atoms with E-state index < -0.39 is 0 Å². The van der Waals surface area contributed by atoms with E-state index in [0.29, 0.717) is 0 Å². The van der Waals surface area contributed by atoms with Crippen LogP contribution in [-0.2, 0) is 0 Å². The summed E-state index contributed by atoms with van der Waals surface area (Å²) in [6.45, 7) is 3.99. The van der Waals surface area contributed by atoms with Crippen LogP contribution in [0.2, 0.25) is 0 Å². The first-order chi connectivity index (χ1) is 6.22. The number of hydrogen-bond acceptors (Lipinski definition) is 3. The SMILES string of the molecule is CC(C)Oc1ccc(/C=N/N)cc1. The van der Waals surface area contributed by atoms with Crippen LogP contribution in [0.25, 0.3) is 0 Å². The number of ether oxygens (including phenoxy) is 1. The predicted molar refractivity (Wildman–Crippen MR) is 54.0 cm³/mol. The molecule has 0 aliphatic carbocycles. The molecule has 1 aromatic rings. The Morgan fingerprint density at radius 1 is 1.31 bits per heavy atom. The third kappa shape index (κ3) is 3.15. The summed E-state index contributed by atoms with van der Waals surface area (Å²) in [5, 5.41) is 3.43. The first-order valence-corrected chi connectivity index (χ1v) is 4.22. The molecule has 0 saturated heterocycles. The van der Waals surface area contributed by atoms with E-state index in [2.05, 4.69) is 5.10 Å². The molecule has 13 heavy (non-hydrogen) atoms. The zero-order valence-electron chi connectivity index (χ0n) is 7.90. The maximum atomic E-state index is 5.47. The molecule has 0 atom stereocenters. The van der Waals surface area contributed by atoms with Crippen LogP contribution in [0.15, 0.2) is 29.4 Å². The van der Waals surface area contributed by atoms with Gasteiger partial charge in [-0.25, -0.2) is 0 Å². The van der Waals surface area contributed by atoms with Crippen molar-refractivity contribution in [1.82, 2.24) is 0 Å². The minimum atomic E-state index is 0.203. The van der Waals surface area contributed by atoms with E-state index >= 15 is 0 Å². The summed E-state index contributed by atoms with van der Waals surface area (Å²) in [5.74, 6) is 5.88. The monoisotopic (exact) mass is 178 g/mol. The minimum absolute atomic E-state index is 0.203. The first kappa shape index (κ1) is 9.58. The standard InChI is InChI=1S/C10H14N2O/c1-8(2)13-10-5-3-9(4-6-10)7-12-11/h3-8H,11H2,1-2H3/b12-7+. The Morgan fingerprint density at radius 2 is 1.92 bits per heavy atom. The lowest BCUT2D eigenvalue weighted by Gasteiger charge is -2.08. The van der Waals surface area contributed by atoms with Crippen molar-refractivity contribution in [1.29, 1.82) is 0 Å². The van der Waals surface area contributed by atoms with E-state index in [1.807, 2.05) is 38.1 Å². The van der Waals surface area contributed by atoms with Crippen LogP contribution in [-0.4, -0.2) is 12.3 Å². The molecule has 2 N–H and O–H groups in total. The third-order valence-corrected chi connectivity index (χ3v) is 1.48. The Balaban J connectivity index is 2.69. The molecule has 0 radical (unpaired) electrons. The molecule has 0 bridgehead atoms. The topological polar surface area (TPSA) is 47.6 Å². The Kier molecular flexibility index (Phi) is 3.31. The maximum Gasteiger partial charge on any atom is 0.119 e. The lowest BCUT2D eigenvalue weighted by atomic mass is 10.2. The van der Waals surface area contributed by atoms with Crippen LogP contribution < -0.4 is 10.6 Å². The largest absolute Gasteiger partial charge is 0.491 e. The second-order valence-corrected chi connectivity index (χ2v) is 3.01. The van der Waals surface area contributed by atoms with Crippen LogP contribution in [0, 0.1) is 0 Å². The molecule has 0 aromatic heterocycles. The summed E-state index contributed by atoms with van der Waals surface area (Å²) >= 11 is 0. The second kappa shape index (κ2) is 4.50. The summed E-state index contributed by atoms with van der Waals surface area (Å²) in [4.78, 5) is 0. The highest BCUT2D eigenvalue weighted by Gasteiger charge is 1.96. The second-order valence-electron chi connectivity index (χ2n) is 3.01. The summed E-state index contributed by atoms with van der Waals surface area (Å²) in [6, 6.07) is 7.62. The molecule has 0 unspecified atom stereocenters. The van der Waals surface area contributed by atoms with Gasteiger partial charge in [0.05, 0.1) is 12.3 Å². The predicted octanol–water partition coefficient (Wildman–Crippen LogP) is 1.77. The van der Waals surface area contributed by atoms with Gasteiger partial charge >= 0.3 is 0 Å². The van der Waals surface area contributed by atoms with Crippen molar-refractivity contribution in [3.8, 4) is 5.75 Å². The van der Waals surface area contributed by atoms with Gasteiger partial charge in [-0.1, -0.05) is 0 Å². The molecule has 0 aliphatic heterocycles. The van der Waals surface area contributed by atoms with Crippen molar-refractivity contribution in [3.63, 3.8) is 0 Å². The van der Waals surface area contributed by atoms with E-state index in [9.17, 15) is 0 Å². The van der Waals surface area contributed by atoms with Crippen LogP contribution in [0.5, 0.6) is 5.75 Å². The molecule has 3 heteroatoms. The van der Waals surface area contributed by atoms with Crippen molar-refractivity contribution in [3.05, 3.63) is 29.8 Å². The van der Waals surface area contributed by atoms with Gasteiger partial charge in [0.25, 0.3) is 0 Å². The fourth-order valence-corrected chi connectivity index (χ4v) is 0.991.